The topological polar surface area (TPSA) is 104 Å². The number of allylic oxidation sites excluding steroid dienone is 2. The Hall–Kier alpha value is -3.48. The molecule has 2 aromatic rings. The lowest BCUT2D eigenvalue weighted by atomic mass is 9.95. The smallest absolute Gasteiger partial charge is 0.272 e. The van der Waals surface area contributed by atoms with Gasteiger partial charge in [0.1, 0.15) is 18.5 Å². The summed E-state index contributed by atoms with van der Waals surface area (Å²) < 4.78 is 36.5. The van der Waals surface area contributed by atoms with Gasteiger partial charge in [-0.05, 0) is 23.8 Å². The molecule has 2 aromatic carbocycles. The fourth-order valence-corrected chi connectivity index (χ4v) is 3.27. The Bertz CT molecular complexity index is 1040. The van der Waals surface area contributed by atoms with Gasteiger partial charge in [0.05, 0.1) is 49.6 Å². The number of non-ortho nitro benzene ring substituents is 1. The Morgan fingerprint density at radius 1 is 1.34 bits per heavy atom. The molecule has 1 aliphatic rings. The van der Waals surface area contributed by atoms with Crippen LogP contribution in [0.5, 0.6) is 11.5 Å². The predicted octanol–water partition coefficient (Wildman–Crippen LogP) is 4.25. The summed E-state index contributed by atoms with van der Waals surface area (Å²) in [4.78, 5) is 10.1. The number of hydrogen-bond acceptors (Lipinski definition) is 7. The van der Waals surface area contributed by atoms with Crippen molar-refractivity contribution < 1.29 is 28.3 Å². The van der Waals surface area contributed by atoms with Crippen molar-refractivity contribution in [3.8, 4) is 17.6 Å². The number of nitrogens with zero attached hydrogens (tertiary/aromatic N) is 2. The standard InChI is InChI=1S/C23H23FN2O6/c1-15(9-17(12-25)20-5-4-18(26(27)28)11-21(20)24)16-3-6-22(23(10-16)29-2)32-14-19-13-30-7-8-31-19/h3-6,9-11,15,19H,7-8,13-14H2,1-2H3/b17-9+/t15?,19-/m1/s1. The summed E-state index contributed by atoms with van der Waals surface area (Å²) in [6.07, 6.45) is 1.46. The van der Waals surface area contributed by atoms with Crippen molar-refractivity contribution in [2.24, 2.45) is 0 Å². The van der Waals surface area contributed by atoms with Crippen LogP contribution in [0.1, 0.15) is 24.0 Å². The van der Waals surface area contributed by atoms with Gasteiger partial charge in [-0.25, -0.2) is 4.39 Å². The number of hydrogen-bond donors (Lipinski definition) is 0. The van der Waals surface area contributed by atoms with E-state index in [0.29, 0.717) is 37.9 Å². The molecular weight excluding hydrogens is 419 g/mol. The van der Waals surface area contributed by atoms with Gasteiger partial charge in [0.25, 0.3) is 5.69 Å². The summed E-state index contributed by atoms with van der Waals surface area (Å²) in [5.41, 5.74) is 0.536. The molecule has 0 aliphatic carbocycles. The molecule has 0 bridgehead atoms. The van der Waals surface area contributed by atoms with E-state index in [2.05, 4.69) is 0 Å². The molecule has 1 unspecified atom stereocenters. The van der Waals surface area contributed by atoms with Crippen LogP contribution in [0.4, 0.5) is 10.1 Å². The second-order valence-electron chi connectivity index (χ2n) is 7.19. The van der Waals surface area contributed by atoms with Gasteiger partial charge in [0.15, 0.2) is 11.5 Å². The lowest BCUT2D eigenvalue weighted by molar-refractivity contribution is -0.385. The summed E-state index contributed by atoms with van der Waals surface area (Å²) >= 11 is 0. The lowest BCUT2D eigenvalue weighted by Crippen LogP contribution is -2.33. The van der Waals surface area contributed by atoms with Gasteiger partial charge in [-0.2, -0.15) is 5.26 Å². The predicted molar refractivity (Wildman–Crippen MR) is 114 cm³/mol. The summed E-state index contributed by atoms with van der Waals surface area (Å²) in [6, 6.07) is 10.6. The van der Waals surface area contributed by atoms with Crippen LogP contribution in [-0.4, -0.2) is 44.6 Å². The van der Waals surface area contributed by atoms with Crippen molar-refractivity contribution in [2.45, 2.75) is 18.9 Å². The maximum atomic E-state index is 14.4. The maximum absolute atomic E-state index is 14.4. The van der Waals surface area contributed by atoms with Gasteiger partial charge in [-0.1, -0.05) is 19.1 Å². The number of ether oxygens (including phenoxy) is 4. The molecule has 1 heterocycles. The van der Waals surface area contributed by atoms with E-state index in [4.69, 9.17) is 18.9 Å². The van der Waals surface area contributed by atoms with Crippen LogP contribution in [0, 0.1) is 27.3 Å². The number of benzene rings is 2. The van der Waals surface area contributed by atoms with E-state index in [0.717, 1.165) is 11.6 Å². The van der Waals surface area contributed by atoms with E-state index in [1.807, 2.05) is 19.1 Å². The molecule has 2 atom stereocenters. The Balaban J connectivity index is 1.78. The fraction of sp³-hybridized carbons (Fsp3) is 0.348. The minimum Gasteiger partial charge on any atom is -0.493 e. The third kappa shape index (κ3) is 5.60. The molecule has 0 aromatic heterocycles. The number of methoxy groups -OCH3 is 1. The zero-order chi connectivity index (χ0) is 23.1. The first kappa shape index (κ1) is 23.2. The molecule has 32 heavy (non-hydrogen) atoms. The lowest BCUT2D eigenvalue weighted by Gasteiger charge is -2.23. The number of nitriles is 1. The Morgan fingerprint density at radius 3 is 2.78 bits per heavy atom. The van der Waals surface area contributed by atoms with Gasteiger partial charge in [-0.15, -0.1) is 0 Å². The second kappa shape index (κ2) is 10.7. The highest BCUT2D eigenvalue weighted by Gasteiger charge is 2.18. The maximum Gasteiger partial charge on any atom is 0.272 e. The van der Waals surface area contributed by atoms with Crippen molar-refractivity contribution in [3.05, 3.63) is 69.5 Å². The highest BCUT2D eigenvalue weighted by Crippen LogP contribution is 2.33. The molecule has 1 fully saturated rings. The Kier molecular flexibility index (Phi) is 7.76. The molecular formula is C23H23FN2O6. The number of rotatable bonds is 8. The first-order chi connectivity index (χ1) is 15.4. The highest BCUT2D eigenvalue weighted by molar-refractivity contribution is 5.78. The van der Waals surface area contributed by atoms with Crippen LogP contribution in [0.2, 0.25) is 0 Å². The highest BCUT2D eigenvalue weighted by atomic mass is 19.1. The monoisotopic (exact) mass is 442 g/mol. The van der Waals surface area contributed by atoms with Crippen molar-refractivity contribution in [1.29, 1.82) is 5.26 Å². The largest absolute Gasteiger partial charge is 0.493 e. The van der Waals surface area contributed by atoms with Crippen molar-refractivity contribution in [2.75, 3.05) is 33.5 Å². The van der Waals surface area contributed by atoms with Crippen LogP contribution in [0.15, 0.2) is 42.5 Å². The van der Waals surface area contributed by atoms with Gasteiger partial charge in [0.2, 0.25) is 0 Å². The zero-order valence-corrected chi connectivity index (χ0v) is 17.7. The fourth-order valence-electron chi connectivity index (χ4n) is 3.27. The molecule has 0 spiro atoms. The van der Waals surface area contributed by atoms with Crippen molar-refractivity contribution >= 4 is 11.3 Å². The van der Waals surface area contributed by atoms with E-state index in [1.54, 1.807) is 18.2 Å². The molecule has 1 saturated heterocycles. The summed E-state index contributed by atoms with van der Waals surface area (Å²) in [5.74, 6) is -0.0327. The molecule has 8 nitrogen and oxygen atoms in total. The van der Waals surface area contributed by atoms with E-state index >= 15 is 0 Å². The van der Waals surface area contributed by atoms with Gasteiger partial charge >= 0.3 is 0 Å². The average Bonchev–Trinajstić information content (AvgIpc) is 2.81. The van der Waals surface area contributed by atoms with E-state index < -0.39 is 10.7 Å². The summed E-state index contributed by atoms with van der Waals surface area (Å²) in [6.45, 7) is 3.75. The molecule has 9 heteroatoms. The number of nitro benzene ring substituents is 1. The molecule has 0 N–H and O–H groups in total. The van der Waals surface area contributed by atoms with Crippen LogP contribution in [-0.2, 0) is 9.47 Å². The minimum atomic E-state index is -0.825. The molecule has 3 rings (SSSR count). The van der Waals surface area contributed by atoms with Crippen LogP contribution >= 0.6 is 0 Å². The van der Waals surface area contributed by atoms with Crippen LogP contribution < -0.4 is 9.47 Å². The zero-order valence-electron chi connectivity index (χ0n) is 17.7. The average molecular weight is 442 g/mol. The number of halogens is 1. The van der Waals surface area contributed by atoms with E-state index in [-0.39, 0.29) is 28.8 Å². The molecule has 1 aliphatic heterocycles. The van der Waals surface area contributed by atoms with Gasteiger partial charge < -0.3 is 18.9 Å². The van der Waals surface area contributed by atoms with Crippen LogP contribution in [0.25, 0.3) is 5.57 Å². The third-order valence-electron chi connectivity index (χ3n) is 5.01. The molecule has 0 radical (unpaired) electrons. The molecule has 0 saturated carbocycles. The minimum absolute atomic E-state index is 0.00608. The SMILES string of the molecule is COc1cc(C(C)/C=C(\C#N)c2ccc([N+](=O)[O-])cc2F)ccc1OC[C@H]1COCCO1. The summed E-state index contributed by atoms with van der Waals surface area (Å²) in [7, 11) is 1.53. The Morgan fingerprint density at radius 2 is 2.16 bits per heavy atom. The first-order valence-electron chi connectivity index (χ1n) is 9.99. The van der Waals surface area contributed by atoms with Gasteiger partial charge in [-0.3, -0.25) is 10.1 Å². The summed E-state index contributed by atoms with van der Waals surface area (Å²) in [5, 5.41) is 20.3. The normalized spacial score (nSPS) is 17.3. The van der Waals surface area contributed by atoms with Crippen molar-refractivity contribution in [3.63, 3.8) is 0 Å². The molecule has 168 valence electrons. The second-order valence-corrected chi connectivity index (χ2v) is 7.19. The third-order valence-corrected chi connectivity index (χ3v) is 5.01. The van der Waals surface area contributed by atoms with E-state index in [1.165, 1.54) is 19.2 Å². The number of nitro groups is 1. The molecule has 0 amide bonds. The van der Waals surface area contributed by atoms with E-state index in [9.17, 15) is 19.8 Å². The van der Waals surface area contributed by atoms with Gasteiger partial charge in [0, 0.05) is 17.5 Å². The first-order valence-corrected chi connectivity index (χ1v) is 9.99. The van der Waals surface area contributed by atoms with Crippen LogP contribution in [0.3, 0.4) is 0 Å². The Labute approximate surface area is 184 Å². The quantitative estimate of drug-likeness (QED) is 0.342. The van der Waals surface area contributed by atoms with Crippen molar-refractivity contribution in [1.82, 2.24) is 0 Å².